The standard InChI is InChI=1S/C55H34N2O/c1-4-13-35(14-5-1)39-24-26-53-49(29-39)50-33-47-44-21-11-10-20-43(44)46-30-40(42-22-12-19-38-27-28-58-55(38)42)23-25-45(46)48(47)34-54(50)57(53)41-31-51(36-15-6-2-7-16-36)56-52(32-41)37-17-8-3-9-18-37/h1-34H. The Morgan fingerprint density at radius 3 is 1.62 bits per heavy atom. The zero-order chi connectivity index (χ0) is 38.2. The van der Waals surface area contributed by atoms with Gasteiger partial charge < -0.3 is 8.98 Å². The molecule has 12 rings (SSSR count). The van der Waals surface area contributed by atoms with Crippen molar-refractivity contribution in [1.29, 1.82) is 0 Å². The minimum Gasteiger partial charge on any atom is -0.464 e. The quantitative estimate of drug-likeness (QED) is 0.165. The van der Waals surface area contributed by atoms with E-state index < -0.39 is 0 Å². The second-order valence-electron chi connectivity index (χ2n) is 15.1. The summed E-state index contributed by atoms with van der Waals surface area (Å²) in [6.45, 7) is 0. The van der Waals surface area contributed by atoms with E-state index in [-0.39, 0.29) is 0 Å². The minimum atomic E-state index is 0.912. The van der Waals surface area contributed by atoms with E-state index in [0.717, 1.165) is 61.3 Å². The topological polar surface area (TPSA) is 31.0 Å². The molecule has 0 spiro atoms. The Morgan fingerprint density at radius 1 is 0.345 bits per heavy atom. The molecule has 0 amide bonds. The van der Waals surface area contributed by atoms with Crippen LogP contribution in [0.5, 0.6) is 0 Å². The molecule has 58 heavy (non-hydrogen) atoms. The number of furan rings is 1. The van der Waals surface area contributed by atoms with Gasteiger partial charge in [-0.1, -0.05) is 152 Å². The van der Waals surface area contributed by atoms with E-state index >= 15 is 0 Å². The Bertz CT molecular complexity index is 3490. The number of fused-ring (bicyclic) bond motifs is 10. The maximum atomic E-state index is 6.01. The lowest BCUT2D eigenvalue weighted by atomic mass is 9.91. The first-order valence-electron chi connectivity index (χ1n) is 19.8. The molecule has 12 aromatic rings. The van der Waals surface area contributed by atoms with E-state index in [2.05, 4.69) is 199 Å². The van der Waals surface area contributed by atoms with E-state index in [1.807, 2.05) is 6.07 Å². The number of hydrogen-bond acceptors (Lipinski definition) is 2. The van der Waals surface area contributed by atoms with Gasteiger partial charge in [-0.05, 0) is 97.5 Å². The van der Waals surface area contributed by atoms with Crippen molar-refractivity contribution in [2.24, 2.45) is 0 Å². The summed E-state index contributed by atoms with van der Waals surface area (Å²) in [5.41, 5.74) is 12.9. The van der Waals surface area contributed by atoms with Crippen molar-refractivity contribution in [3.8, 4) is 50.5 Å². The second kappa shape index (κ2) is 12.9. The SMILES string of the molecule is c1ccc(-c2ccc3c(c2)c2cc4c5ccccc5c5cc(-c6cccc7ccoc67)ccc5c4cc2n3-c2cc(-c3ccccc3)nc(-c3ccccc3)c2)cc1. The van der Waals surface area contributed by atoms with Gasteiger partial charge in [0.15, 0.2) is 0 Å². The second-order valence-corrected chi connectivity index (χ2v) is 15.1. The molecule has 3 heterocycles. The molecule has 0 aliphatic carbocycles. The molecule has 0 saturated heterocycles. The number of pyridine rings is 1. The zero-order valence-corrected chi connectivity index (χ0v) is 31.4. The van der Waals surface area contributed by atoms with Crippen molar-refractivity contribution >= 4 is 65.1 Å². The molecule has 0 bridgehead atoms. The van der Waals surface area contributed by atoms with Crippen LogP contribution in [0.3, 0.4) is 0 Å². The molecule has 0 fully saturated rings. The van der Waals surface area contributed by atoms with Gasteiger partial charge >= 0.3 is 0 Å². The van der Waals surface area contributed by atoms with Crippen LogP contribution in [0.4, 0.5) is 0 Å². The minimum absolute atomic E-state index is 0.912. The van der Waals surface area contributed by atoms with Gasteiger partial charge in [0, 0.05) is 32.8 Å². The highest BCUT2D eigenvalue weighted by molar-refractivity contribution is 6.29. The summed E-state index contributed by atoms with van der Waals surface area (Å²) in [4.78, 5) is 5.25. The van der Waals surface area contributed by atoms with Crippen LogP contribution < -0.4 is 0 Å². The highest BCUT2D eigenvalue weighted by Gasteiger charge is 2.20. The number of rotatable bonds is 5. The lowest BCUT2D eigenvalue weighted by Crippen LogP contribution is -1.98. The average molecular weight is 739 g/mol. The van der Waals surface area contributed by atoms with Crippen molar-refractivity contribution in [2.75, 3.05) is 0 Å². The van der Waals surface area contributed by atoms with Crippen LogP contribution in [-0.2, 0) is 0 Å². The van der Waals surface area contributed by atoms with Crippen LogP contribution in [0.2, 0.25) is 0 Å². The summed E-state index contributed by atoms with van der Waals surface area (Å²) in [5.74, 6) is 0. The van der Waals surface area contributed by atoms with Crippen molar-refractivity contribution in [1.82, 2.24) is 9.55 Å². The van der Waals surface area contributed by atoms with Crippen LogP contribution in [0.1, 0.15) is 0 Å². The lowest BCUT2D eigenvalue weighted by molar-refractivity contribution is 0.617. The van der Waals surface area contributed by atoms with E-state index in [0.29, 0.717) is 0 Å². The van der Waals surface area contributed by atoms with Crippen LogP contribution in [0, 0.1) is 0 Å². The van der Waals surface area contributed by atoms with Crippen LogP contribution >= 0.6 is 0 Å². The molecule has 3 heteroatoms. The van der Waals surface area contributed by atoms with Gasteiger partial charge in [0.1, 0.15) is 5.58 Å². The van der Waals surface area contributed by atoms with Crippen LogP contribution in [-0.4, -0.2) is 9.55 Å². The Hall–Kier alpha value is -7.75. The Labute approximate surface area is 334 Å². The maximum absolute atomic E-state index is 6.01. The van der Waals surface area contributed by atoms with Gasteiger partial charge in [0.2, 0.25) is 0 Å². The van der Waals surface area contributed by atoms with E-state index in [1.54, 1.807) is 6.26 Å². The summed E-state index contributed by atoms with van der Waals surface area (Å²) >= 11 is 0. The van der Waals surface area contributed by atoms with E-state index in [9.17, 15) is 0 Å². The van der Waals surface area contributed by atoms with Crippen molar-refractivity contribution in [3.63, 3.8) is 0 Å². The maximum Gasteiger partial charge on any atom is 0.141 e. The molecule has 0 atom stereocenters. The van der Waals surface area contributed by atoms with Crippen molar-refractivity contribution in [2.45, 2.75) is 0 Å². The molecular formula is C55H34N2O. The van der Waals surface area contributed by atoms with Crippen molar-refractivity contribution < 1.29 is 4.42 Å². The number of aromatic nitrogens is 2. The summed E-state index contributed by atoms with van der Waals surface area (Å²) in [5, 5.41) is 10.9. The van der Waals surface area contributed by atoms with Gasteiger partial charge in [0.25, 0.3) is 0 Å². The van der Waals surface area contributed by atoms with E-state index in [4.69, 9.17) is 9.40 Å². The normalized spacial score (nSPS) is 11.8. The Morgan fingerprint density at radius 2 is 0.914 bits per heavy atom. The van der Waals surface area contributed by atoms with Crippen molar-refractivity contribution in [3.05, 3.63) is 206 Å². The van der Waals surface area contributed by atoms with Crippen LogP contribution in [0.25, 0.3) is 116 Å². The average Bonchev–Trinajstić information content (AvgIpc) is 3.92. The lowest BCUT2D eigenvalue weighted by Gasteiger charge is -2.15. The van der Waals surface area contributed by atoms with Gasteiger partial charge in [-0.3, -0.25) is 0 Å². The van der Waals surface area contributed by atoms with Gasteiger partial charge in [0.05, 0.1) is 34.4 Å². The van der Waals surface area contributed by atoms with E-state index in [1.165, 1.54) is 54.2 Å². The predicted octanol–water partition coefficient (Wildman–Crippen LogP) is 15.1. The zero-order valence-electron chi connectivity index (χ0n) is 31.4. The third-order valence-corrected chi connectivity index (χ3v) is 11.8. The third kappa shape index (κ3) is 5.11. The fourth-order valence-corrected chi connectivity index (χ4v) is 9.10. The first-order valence-corrected chi connectivity index (χ1v) is 19.8. The molecule has 3 aromatic heterocycles. The Balaban J connectivity index is 1.19. The number of nitrogens with zero attached hydrogens (tertiary/aromatic N) is 2. The summed E-state index contributed by atoms with van der Waals surface area (Å²) < 4.78 is 8.46. The number of benzene rings is 9. The Kier molecular flexibility index (Phi) is 7.23. The van der Waals surface area contributed by atoms with Gasteiger partial charge in [-0.15, -0.1) is 0 Å². The molecule has 0 radical (unpaired) electrons. The summed E-state index contributed by atoms with van der Waals surface area (Å²) in [7, 11) is 0. The molecule has 0 unspecified atom stereocenters. The molecule has 0 saturated carbocycles. The molecule has 0 aliphatic heterocycles. The summed E-state index contributed by atoms with van der Waals surface area (Å²) in [6, 6.07) is 72.2. The summed E-state index contributed by atoms with van der Waals surface area (Å²) in [6.07, 6.45) is 1.78. The monoisotopic (exact) mass is 738 g/mol. The number of para-hydroxylation sites is 1. The highest BCUT2D eigenvalue weighted by atomic mass is 16.3. The molecule has 9 aromatic carbocycles. The fraction of sp³-hybridized carbons (Fsp3) is 0. The molecule has 3 nitrogen and oxygen atoms in total. The molecule has 270 valence electrons. The third-order valence-electron chi connectivity index (χ3n) is 11.8. The first-order chi connectivity index (χ1) is 28.7. The molecule has 0 N–H and O–H groups in total. The molecular weight excluding hydrogens is 705 g/mol. The van der Waals surface area contributed by atoms with Gasteiger partial charge in [-0.25, -0.2) is 4.98 Å². The molecule has 0 aliphatic rings. The smallest absolute Gasteiger partial charge is 0.141 e. The highest BCUT2D eigenvalue weighted by Crippen LogP contribution is 2.44. The fourth-order valence-electron chi connectivity index (χ4n) is 9.10. The largest absolute Gasteiger partial charge is 0.464 e. The predicted molar refractivity (Wildman–Crippen MR) is 243 cm³/mol. The van der Waals surface area contributed by atoms with Gasteiger partial charge in [-0.2, -0.15) is 0 Å². The number of hydrogen-bond donors (Lipinski definition) is 0. The van der Waals surface area contributed by atoms with Crippen LogP contribution in [0.15, 0.2) is 211 Å². The first kappa shape index (κ1) is 32.5.